The van der Waals surface area contributed by atoms with E-state index in [2.05, 4.69) is 46.7 Å². The van der Waals surface area contributed by atoms with Gasteiger partial charge in [0.2, 0.25) is 0 Å². The third kappa shape index (κ3) is 3.23. The number of thiophene rings is 1. The van der Waals surface area contributed by atoms with E-state index >= 15 is 0 Å². The van der Waals surface area contributed by atoms with Crippen molar-refractivity contribution in [3.05, 3.63) is 58.0 Å². The fraction of sp³-hybridized carbons (Fsp3) is 0.478. The molecular formula is C23H27NOS. The van der Waals surface area contributed by atoms with Crippen molar-refractivity contribution in [2.24, 2.45) is 0 Å². The first-order valence-electron chi connectivity index (χ1n) is 10.1. The zero-order valence-corrected chi connectivity index (χ0v) is 16.1. The van der Waals surface area contributed by atoms with Crippen LogP contribution < -0.4 is 0 Å². The molecule has 26 heavy (non-hydrogen) atoms. The monoisotopic (exact) mass is 365 g/mol. The molecule has 1 aromatic carbocycles. The van der Waals surface area contributed by atoms with Gasteiger partial charge in [-0.1, -0.05) is 18.2 Å². The molecule has 1 fully saturated rings. The smallest absolute Gasteiger partial charge is 0.134 e. The lowest BCUT2D eigenvalue weighted by Gasteiger charge is -2.32. The van der Waals surface area contributed by atoms with Crippen LogP contribution in [0, 0.1) is 0 Å². The van der Waals surface area contributed by atoms with Gasteiger partial charge in [0.15, 0.2) is 0 Å². The number of hydrogen-bond acceptors (Lipinski definition) is 3. The van der Waals surface area contributed by atoms with Crippen molar-refractivity contribution < 1.29 is 4.42 Å². The van der Waals surface area contributed by atoms with Gasteiger partial charge in [-0.3, -0.25) is 0 Å². The molecule has 0 spiro atoms. The van der Waals surface area contributed by atoms with Crippen LogP contribution in [-0.4, -0.2) is 24.5 Å². The summed E-state index contributed by atoms with van der Waals surface area (Å²) in [7, 11) is 0. The fourth-order valence-electron chi connectivity index (χ4n) is 4.86. The van der Waals surface area contributed by atoms with Crippen LogP contribution >= 0.6 is 11.3 Å². The van der Waals surface area contributed by atoms with Crippen LogP contribution in [0.5, 0.6) is 0 Å². The minimum Gasteiger partial charge on any atom is -0.461 e. The molecule has 0 N–H and O–H groups in total. The lowest BCUT2D eigenvalue weighted by atomic mass is 9.85. The molecule has 5 rings (SSSR count). The fourth-order valence-corrected chi connectivity index (χ4v) is 5.88. The van der Waals surface area contributed by atoms with Gasteiger partial charge in [-0.15, -0.1) is 11.3 Å². The number of benzene rings is 1. The molecule has 0 amide bonds. The maximum absolute atomic E-state index is 6.11. The maximum Gasteiger partial charge on any atom is 0.134 e. The average Bonchev–Trinajstić information content (AvgIpc) is 3.33. The predicted molar refractivity (Wildman–Crippen MR) is 109 cm³/mol. The van der Waals surface area contributed by atoms with E-state index in [4.69, 9.17) is 4.42 Å². The van der Waals surface area contributed by atoms with E-state index in [1.54, 1.807) is 10.4 Å². The molecule has 1 atom stereocenters. The Hall–Kier alpha value is -1.58. The molecule has 2 nitrogen and oxygen atoms in total. The molecule has 1 aliphatic carbocycles. The number of hydrogen-bond donors (Lipinski definition) is 0. The minimum atomic E-state index is 0.594. The Balaban J connectivity index is 1.16. The second kappa shape index (κ2) is 7.21. The van der Waals surface area contributed by atoms with Gasteiger partial charge in [0.1, 0.15) is 11.3 Å². The Morgan fingerprint density at radius 1 is 1.08 bits per heavy atom. The molecule has 2 aliphatic rings. The molecule has 0 radical (unpaired) electrons. The topological polar surface area (TPSA) is 16.4 Å². The SMILES string of the molecule is c1ccc2oc(C3CCN(CCC4CCCc5sccc54)CC3)cc2c1. The number of piperidine rings is 1. The molecule has 0 saturated carbocycles. The van der Waals surface area contributed by atoms with Crippen LogP contribution in [0.25, 0.3) is 11.0 Å². The Labute approximate surface area is 159 Å². The second-order valence-corrected chi connectivity index (χ2v) is 8.98. The largest absolute Gasteiger partial charge is 0.461 e. The molecule has 1 aliphatic heterocycles. The standard InChI is InChI=1S/C23H27NOS/c1-2-6-21-19(4-1)16-22(25-21)18-9-13-24(14-10-18)12-8-17-5-3-7-23-20(17)11-15-26-23/h1-2,4,6,11,15-18H,3,5,7-10,12-14H2. The predicted octanol–water partition coefficient (Wildman–Crippen LogP) is 6.18. The lowest BCUT2D eigenvalue weighted by molar-refractivity contribution is 0.196. The number of likely N-dealkylation sites (tertiary alicyclic amines) is 1. The van der Waals surface area contributed by atoms with E-state index in [1.807, 2.05) is 11.3 Å². The summed E-state index contributed by atoms with van der Waals surface area (Å²) in [5, 5.41) is 3.54. The van der Waals surface area contributed by atoms with Crippen LogP contribution in [0.15, 0.2) is 46.2 Å². The Morgan fingerprint density at radius 3 is 2.85 bits per heavy atom. The average molecular weight is 366 g/mol. The number of furan rings is 1. The number of nitrogens with zero attached hydrogens (tertiary/aromatic N) is 1. The second-order valence-electron chi connectivity index (χ2n) is 7.98. The highest BCUT2D eigenvalue weighted by Gasteiger charge is 2.25. The van der Waals surface area contributed by atoms with Gasteiger partial charge in [0, 0.05) is 16.2 Å². The van der Waals surface area contributed by atoms with Crippen molar-refractivity contribution in [1.29, 1.82) is 0 Å². The number of rotatable bonds is 4. The van der Waals surface area contributed by atoms with E-state index in [-0.39, 0.29) is 0 Å². The van der Waals surface area contributed by atoms with Crippen molar-refractivity contribution >= 4 is 22.3 Å². The Kier molecular flexibility index (Phi) is 4.60. The third-order valence-corrected chi connectivity index (χ3v) is 7.40. The van der Waals surface area contributed by atoms with Crippen LogP contribution in [0.3, 0.4) is 0 Å². The van der Waals surface area contributed by atoms with E-state index in [0.29, 0.717) is 5.92 Å². The summed E-state index contributed by atoms with van der Waals surface area (Å²) in [6.07, 6.45) is 7.87. The van der Waals surface area contributed by atoms with Crippen molar-refractivity contribution in [2.75, 3.05) is 19.6 Å². The molecule has 3 aromatic rings. The molecule has 136 valence electrons. The normalized spacial score (nSPS) is 21.9. The third-order valence-electron chi connectivity index (χ3n) is 6.40. The summed E-state index contributed by atoms with van der Waals surface area (Å²) in [5.41, 5.74) is 2.70. The molecule has 1 saturated heterocycles. The highest BCUT2D eigenvalue weighted by atomic mass is 32.1. The maximum atomic E-state index is 6.11. The summed E-state index contributed by atoms with van der Waals surface area (Å²) in [6.45, 7) is 3.68. The number of aryl methyl sites for hydroxylation is 1. The Bertz CT molecular complexity index is 838. The first-order valence-corrected chi connectivity index (χ1v) is 11.0. The molecule has 2 aromatic heterocycles. The molecule has 0 bridgehead atoms. The summed E-state index contributed by atoms with van der Waals surface area (Å²) in [4.78, 5) is 4.34. The molecular weight excluding hydrogens is 338 g/mol. The Morgan fingerprint density at radius 2 is 1.96 bits per heavy atom. The van der Waals surface area contributed by atoms with Gasteiger partial charge in [0.05, 0.1) is 0 Å². The van der Waals surface area contributed by atoms with Crippen molar-refractivity contribution in [3.8, 4) is 0 Å². The van der Waals surface area contributed by atoms with Gasteiger partial charge >= 0.3 is 0 Å². The van der Waals surface area contributed by atoms with Gasteiger partial charge < -0.3 is 9.32 Å². The van der Waals surface area contributed by atoms with Crippen molar-refractivity contribution in [2.45, 2.75) is 50.4 Å². The molecule has 3 heterocycles. The van der Waals surface area contributed by atoms with Gasteiger partial charge in [-0.05, 0) is 93.2 Å². The van der Waals surface area contributed by atoms with Gasteiger partial charge in [-0.25, -0.2) is 0 Å². The lowest BCUT2D eigenvalue weighted by Crippen LogP contribution is -2.34. The first-order chi connectivity index (χ1) is 12.9. The van der Waals surface area contributed by atoms with E-state index in [0.717, 1.165) is 11.5 Å². The number of fused-ring (bicyclic) bond motifs is 2. The summed E-state index contributed by atoms with van der Waals surface area (Å²) in [6, 6.07) is 13.0. The molecule has 3 heteroatoms. The first kappa shape index (κ1) is 16.6. The summed E-state index contributed by atoms with van der Waals surface area (Å²) in [5.74, 6) is 2.59. The van der Waals surface area contributed by atoms with Crippen molar-refractivity contribution in [1.82, 2.24) is 4.90 Å². The van der Waals surface area contributed by atoms with Crippen LogP contribution in [0.4, 0.5) is 0 Å². The number of para-hydroxylation sites is 1. The quantitative estimate of drug-likeness (QED) is 0.548. The van der Waals surface area contributed by atoms with Crippen molar-refractivity contribution in [3.63, 3.8) is 0 Å². The van der Waals surface area contributed by atoms with Crippen LogP contribution in [0.2, 0.25) is 0 Å². The molecule has 1 unspecified atom stereocenters. The highest BCUT2D eigenvalue weighted by molar-refractivity contribution is 7.10. The van der Waals surface area contributed by atoms with Crippen LogP contribution in [0.1, 0.15) is 60.1 Å². The van der Waals surface area contributed by atoms with E-state index in [1.165, 1.54) is 69.3 Å². The van der Waals surface area contributed by atoms with Crippen LogP contribution in [-0.2, 0) is 6.42 Å². The van der Waals surface area contributed by atoms with Gasteiger partial charge in [0.25, 0.3) is 0 Å². The zero-order valence-electron chi connectivity index (χ0n) is 15.3. The zero-order chi connectivity index (χ0) is 17.3. The summed E-state index contributed by atoms with van der Waals surface area (Å²) < 4.78 is 6.11. The van der Waals surface area contributed by atoms with E-state index < -0.39 is 0 Å². The van der Waals surface area contributed by atoms with E-state index in [9.17, 15) is 0 Å². The summed E-state index contributed by atoms with van der Waals surface area (Å²) >= 11 is 1.97. The highest BCUT2D eigenvalue weighted by Crippen LogP contribution is 2.38. The van der Waals surface area contributed by atoms with Gasteiger partial charge in [-0.2, -0.15) is 0 Å². The minimum absolute atomic E-state index is 0.594.